The number of hydrogen-bond donors (Lipinski definition) is 1. The van der Waals surface area contributed by atoms with Crippen LogP contribution < -0.4 is 5.32 Å². The topological polar surface area (TPSA) is 58.6 Å². The highest BCUT2D eigenvalue weighted by Crippen LogP contribution is 2.35. The van der Waals surface area contributed by atoms with E-state index in [1.807, 2.05) is 18.2 Å². The van der Waals surface area contributed by atoms with E-state index in [1.165, 1.54) is 16.7 Å². The molecule has 0 radical (unpaired) electrons. The van der Waals surface area contributed by atoms with Gasteiger partial charge in [0.25, 0.3) is 0 Å². The molecule has 0 aromatic heterocycles. The van der Waals surface area contributed by atoms with Gasteiger partial charge in [-0.1, -0.05) is 43.8 Å². The fourth-order valence-corrected chi connectivity index (χ4v) is 3.91. The summed E-state index contributed by atoms with van der Waals surface area (Å²) in [5.74, 6) is 0.104. The summed E-state index contributed by atoms with van der Waals surface area (Å²) in [6.45, 7) is 14.2. The molecule has 0 spiro atoms. The SMILES string of the molecule is C=C(NC(=O)C1CCN1C(=O)OC(C)(C)C)Sc1ccc(Cl)cc1C(C)CC. The molecule has 2 atom stereocenters. The molecule has 1 aromatic carbocycles. The predicted octanol–water partition coefficient (Wildman–Crippen LogP) is 5.54. The molecule has 1 aromatic rings. The van der Waals surface area contributed by atoms with Crippen LogP contribution in [0.1, 0.15) is 58.9 Å². The summed E-state index contributed by atoms with van der Waals surface area (Å²) in [6, 6.07) is 5.22. The Kier molecular flexibility index (Phi) is 7.46. The zero-order chi connectivity index (χ0) is 21.1. The van der Waals surface area contributed by atoms with Crippen LogP contribution in [-0.4, -0.2) is 35.1 Å². The third-order valence-electron chi connectivity index (χ3n) is 4.56. The van der Waals surface area contributed by atoms with Gasteiger partial charge in [-0.25, -0.2) is 4.79 Å². The molecule has 2 rings (SSSR count). The quantitative estimate of drug-likeness (QED) is 0.609. The average Bonchev–Trinajstić information content (AvgIpc) is 2.52. The molecule has 0 bridgehead atoms. The van der Waals surface area contributed by atoms with Gasteiger partial charge >= 0.3 is 6.09 Å². The van der Waals surface area contributed by atoms with E-state index in [0.29, 0.717) is 28.9 Å². The lowest BCUT2D eigenvalue weighted by atomic mass is 9.99. The zero-order valence-electron chi connectivity index (χ0n) is 17.2. The molecule has 1 aliphatic rings. The van der Waals surface area contributed by atoms with Gasteiger partial charge in [0.2, 0.25) is 5.91 Å². The van der Waals surface area contributed by atoms with Gasteiger partial charge in [-0.3, -0.25) is 9.69 Å². The van der Waals surface area contributed by atoms with Crippen molar-refractivity contribution in [3.63, 3.8) is 0 Å². The van der Waals surface area contributed by atoms with Crippen LogP contribution in [0.25, 0.3) is 0 Å². The molecule has 1 saturated heterocycles. The van der Waals surface area contributed by atoms with Crippen LogP contribution >= 0.6 is 23.4 Å². The Bertz CT molecular complexity index is 761. The van der Waals surface area contributed by atoms with Gasteiger partial charge < -0.3 is 10.1 Å². The normalized spacial score (nSPS) is 17.5. The molecule has 2 amide bonds. The van der Waals surface area contributed by atoms with Gasteiger partial charge in [0.15, 0.2) is 0 Å². The molecule has 28 heavy (non-hydrogen) atoms. The van der Waals surface area contributed by atoms with E-state index in [0.717, 1.165) is 16.9 Å². The van der Waals surface area contributed by atoms with Crippen molar-refractivity contribution in [2.24, 2.45) is 0 Å². The lowest BCUT2D eigenvalue weighted by Gasteiger charge is -2.40. The monoisotopic (exact) mass is 424 g/mol. The molecule has 1 aliphatic heterocycles. The number of carbonyl (C=O) groups is 2. The fourth-order valence-electron chi connectivity index (χ4n) is 2.80. The largest absolute Gasteiger partial charge is 0.444 e. The van der Waals surface area contributed by atoms with Crippen molar-refractivity contribution < 1.29 is 14.3 Å². The van der Waals surface area contributed by atoms with Crippen LogP contribution in [-0.2, 0) is 9.53 Å². The minimum absolute atomic E-state index is 0.242. The summed E-state index contributed by atoms with van der Waals surface area (Å²) in [6.07, 6.45) is 1.13. The molecular weight excluding hydrogens is 396 g/mol. The highest BCUT2D eigenvalue weighted by atomic mass is 35.5. The lowest BCUT2D eigenvalue weighted by Crippen LogP contribution is -2.58. The van der Waals surface area contributed by atoms with Crippen molar-refractivity contribution in [2.75, 3.05) is 6.54 Å². The number of halogens is 1. The van der Waals surface area contributed by atoms with E-state index in [9.17, 15) is 9.59 Å². The van der Waals surface area contributed by atoms with Crippen LogP contribution in [0.4, 0.5) is 4.79 Å². The van der Waals surface area contributed by atoms with Gasteiger partial charge in [0.1, 0.15) is 11.6 Å². The molecule has 154 valence electrons. The first-order valence-corrected chi connectivity index (χ1v) is 10.7. The Morgan fingerprint density at radius 3 is 2.64 bits per heavy atom. The van der Waals surface area contributed by atoms with Crippen LogP contribution in [0.2, 0.25) is 5.02 Å². The van der Waals surface area contributed by atoms with E-state index in [2.05, 4.69) is 25.7 Å². The molecule has 7 heteroatoms. The fraction of sp³-hybridized carbons (Fsp3) is 0.524. The maximum absolute atomic E-state index is 12.6. The van der Waals surface area contributed by atoms with Crippen molar-refractivity contribution in [1.29, 1.82) is 0 Å². The van der Waals surface area contributed by atoms with Gasteiger partial charge in [-0.05, 0) is 63.3 Å². The van der Waals surface area contributed by atoms with E-state index in [-0.39, 0.29) is 5.91 Å². The van der Waals surface area contributed by atoms with Crippen LogP contribution in [0.15, 0.2) is 34.7 Å². The maximum Gasteiger partial charge on any atom is 0.410 e. The van der Waals surface area contributed by atoms with E-state index >= 15 is 0 Å². The second-order valence-corrected chi connectivity index (χ2v) is 9.56. The number of nitrogens with zero attached hydrogens (tertiary/aromatic N) is 1. The Hall–Kier alpha value is -1.66. The van der Waals surface area contributed by atoms with E-state index in [4.69, 9.17) is 16.3 Å². The smallest absolute Gasteiger partial charge is 0.410 e. The molecular formula is C21H29ClN2O3S. The molecule has 1 heterocycles. The minimum atomic E-state index is -0.589. The number of nitrogens with one attached hydrogen (secondary N) is 1. The van der Waals surface area contributed by atoms with Gasteiger partial charge in [0.05, 0.1) is 5.03 Å². The minimum Gasteiger partial charge on any atom is -0.444 e. The molecule has 0 aliphatic carbocycles. The number of ether oxygens (including phenoxy) is 1. The number of hydrogen-bond acceptors (Lipinski definition) is 4. The van der Waals surface area contributed by atoms with Gasteiger partial charge in [0, 0.05) is 16.5 Å². The standard InChI is InChI=1S/C21H29ClN2O3S/c1-7-13(2)16-12-15(22)8-9-18(16)28-14(3)23-19(25)17-10-11-24(17)20(26)27-21(4,5)6/h8-9,12-13,17H,3,7,10-11H2,1-2,4-6H3,(H,23,25). The molecule has 5 nitrogen and oxygen atoms in total. The first-order chi connectivity index (χ1) is 13.0. The summed E-state index contributed by atoms with van der Waals surface area (Å²) in [5.41, 5.74) is 0.545. The Labute approximate surface area is 176 Å². The van der Waals surface area contributed by atoms with Crippen molar-refractivity contribution in [3.8, 4) is 0 Å². The number of rotatable bonds is 6. The Morgan fingerprint density at radius 1 is 1.43 bits per heavy atom. The van der Waals surface area contributed by atoms with Crippen molar-refractivity contribution in [1.82, 2.24) is 10.2 Å². The Balaban J connectivity index is 1.98. The summed E-state index contributed by atoms with van der Waals surface area (Å²) < 4.78 is 5.36. The molecule has 0 saturated carbocycles. The summed E-state index contributed by atoms with van der Waals surface area (Å²) >= 11 is 7.55. The van der Waals surface area contributed by atoms with Crippen molar-refractivity contribution >= 4 is 35.4 Å². The van der Waals surface area contributed by atoms with Crippen LogP contribution in [0.5, 0.6) is 0 Å². The number of carbonyl (C=O) groups excluding carboxylic acids is 2. The number of benzene rings is 1. The second-order valence-electron chi connectivity index (χ2n) is 7.98. The third-order valence-corrected chi connectivity index (χ3v) is 5.74. The predicted molar refractivity (Wildman–Crippen MR) is 115 cm³/mol. The van der Waals surface area contributed by atoms with Gasteiger partial charge in [-0.2, -0.15) is 0 Å². The first-order valence-electron chi connectivity index (χ1n) is 9.48. The second kappa shape index (κ2) is 9.23. The Morgan fingerprint density at radius 2 is 2.11 bits per heavy atom. The van der Waals surface area contributed by atoms with Crippen molar-refractivity contribution in [2.45, 2.75) is 69.9 Å². The zero-order valence-corrected chi connectivity index (χ0v) is 18.7. The molecule has 1 N–H and O–H groups in total. The average molecular weight is 425 g/mol. The number of likely N-dealkylation sites (tertiary alicyclic amines) is 1. The first kappa shape index (κ1) is 22.6. The van der Waals surface area contributed by atoms with Crippen LogP contribution in [0, 0.1) is 0 Å². The molecule has 2 unspecified atom stereocenters. The molecule has 1 fully saturated rings. The summed E-state index contributed by atoms with van der Waals surface area (Å²) in [4.78, 5) is 27.2. The third kappa shape index (κ3) is 5.92. The lowest BCUT2D eigenvalue weighted by molar-refractivity contribution is -0.129. The summed E-state index contributed by atoms with van der Waals surface area (Å²) in [7, 11) is 0. The van der Waals surface area contributed by atoms with E-state index in [1.54, 1.807) is 20.8 Å². The van der Waals surface area contributed by atoms with Crippen molar-refractivity contribution in [3.05, 3.63) is 40.4 Å². The number of amides is 2. The van der Waals surface area contributed by atoms with Gasteiger partial charge in [-0.15, -0.1) is 0 Å². The highest BCUT2D eigenvalue weighted by molar-refractivity contribution is 8.03. The highest BCUT2D eigenvalue weighted by Gasteiger charge is 2.40. The maximum atomic E-state index is 12.6. The number of thioether (sulfide) groups is 1. The summed E-state index contributed by atoms with van der Waals surface area (Å²) in [5, 5.41) is 4.04. The van der Waals surface area contributed by atoms with Crippen LogP contribution in [0.3, 0.4) is 0 Å². The van der Waals surface area contributed by atoms with E-state index < -0.39 is 17.7 Å².